The van der Waals surface area contributed by atoms with Gasteiger partial charge in [-0.25, -0.2) is 9.97 Å². The first-order chi connectivity index (χ1) is 14.1. The number of unbranched alkanes of at least 4 members (excludes halogenated alkanes) is 1. The minimum Gasteiger partial charge on any atom is -0.494 e. The monoisotopic (exact) mass is 391 g/mol. The summed E-state index contributed by atoms with van der Waals surface area (Å²) >= 11 is 0. The number of nitrogen functional groups attached to an aromatic ring is 1. The van der Waals surface area contributed by atoms with E-state index in [1.807, 2.05) is 30.3 Å². The van der Waals surface area contributed by atoms with Gasteiger partial charge in [-0.05, 0) is 62.2 Å². The van der Waals surface area contributed by atoms with Crippen molar-refractivity contribution >= 4 is 28.7 Å². The normalized spacial score (nSPS) is 10.6. The van der Waals surface area contributed by atoms with E-state index in [4.69, 9.17) is 10.5 Å². The lowest BCUT2D eigenvalue weighted by Gasteiger charge is -2.24. The van der Waals surface area contributed by atoms with Crippen molar-refractivity contribution in [3.05, 3.63) is 60.4 Å². The van der Waals surface area contributed by atoms with Crippen molar-refractivity contribution in [1.82, 2.24) is 9.97 Å². The fraction of sp³-hybridized carbons (Fsp3) is 0.304. The second-order valence-electron chi connectivity index (χ2n) is 6.89. The lowest BCUT2D eigenvalue weighted by atomic mass is 10.2. The first kappa shape index (κ1) is 20.5. The molecular formula is C23H29N5O. The summed E-state index contributed by atoms with van der Waals surface area (Å²) in [6, 6.07) is 16.1. The van der Waals surface area contributed by atoms with E-state index in [0.717, 1.165) is 43.1 Å². The Balaban J connectivity index is 1.79. The van der Waals surface area contributed by atoms with Crippen molar-refractivity contribution in [1.29, 1.82) is 0 Å². The van der Waals surface area contributed by atoms with Crippen molar-refractivity contribution < 1.29 is 4.74 Å². The first-order valence-corrected chi connectivity index (χ1v) is 10.1. The van der Waals surface area contributed by atoms with Crippen molar-refractivity contribution in [2.24, 2.45) is 0 Å². The average molecular weight is 392 g/mol. The van der Waals surface area contributed by atoms with Crippen LogP contribution in [0.3, 0.4) is 0 Å². The van der Waals surface area contributed by atoms with E-state index in [1.54, 1.807) is 0 Å². The maximum Gasteiger partial charge on any atom is 0.161 e. The summed E-state index contributed by atoms with van der Waals surface area (Å²) in [4.78, 5) is 10.9. The smallest absolute Gasteiger partial charge is 0.161 e. The third-order valence-electron chi connectivity index (χ3n) is 4.63. The Bertz CT molecular complexity index is 927. The minimum atomic E-state index is 0.513. The number of aromatic nitrogens is 2. The van der Waals surface area contributed by atoms with Gasteiger partial charge in [-0.15, -0.1) is 0 Å². The number of anilines is 5. The summed E-state index contributed by atoms with van der Waals surface area (Å²) in [5.74, 6) is 2.13. The summed E-state index contributed by atoms with van der Waals surface area (Å²) in [5, 5.41) is 3.29. The molecule has 1 aromatic heterocycles. The molecule has 0 saturated heterocycles. The summed E-state index contributed by atoms with van der Waals surface area (Å²) in [7, 11) is 0. The SMILES string of the molecule is CCCCOc1ccc(Nc2ncnc(N(CC)c3cccc(C)c3)c2N)cc1. The Morgan fingerprint density at radius 3 is 2.55 bits per heavy atom. The van der Waals surface area contributed by atoms with Crippen LogP contribution in [-0.2, 0) is 0 Å². The number of hydrogen-bond donors (Lipinski definition) is 2. The summed E-state index contributed by atoms with van der Waals surface area (Å²) in [6.07, 6.45) is 3.70. The summed E-state index contributed by atoms with van der Waals surface area (Å²) in [6.45, 7) is 7.78. The van der Waals surface area contributed by atoms with Crippen LogP contribution in [0.1, 0.15) is 32.3 Å². The molecule has 0 bridgehead atoms. The molecule has 0 unspecified atom stereocenters. The molecule has 6 nitrogen and oxygen atoms in total. The molecule has 0 atom stereocenters. The maximum atomic E-state index is 6.44. The Hall–Kier alpha value is -3.28. The molecule has 0 amide bonds. The van der Waals surface area contributed by atoms with E-state index in [1.165, 1.54) is 11.9 Å². The number of hydrogen-bond acceptors (Lipinski definition) is 6. The molecule has 6 heteroatoms. The van der Waals surface area contributed by atoms with Gasteiger partial charge in [0.05, 0.1) is 6.61 Å². The highest BCUT2D eigenvalue weighted by atomic mass is 16.5. The van der Waals surface area contributed by atoms with Gasteiger partial charge in [0.25, 0.3) is 0 Å². The number of nitrogens with zero attached hydrogens (tertiary/aromatic N) is 3. The van der Waals surface area contributed by atoms with Crippen LogP contribution in [0, 0.1) is 6.92 Å². The molecule has 2 aromatic carbocycles. The number of ether oxygens (including phenoxy) is 1. The lowest BCUT2D eigenvalue weighted by Crippen LogP contribution is -2.20. The van der Waals surface area contributed by atoms with Gasteiger partial charge in [0.15, 0.2) is 11.6 Å². The van der Waals surface area contributed by atoms with Crippen LogP contribution in [-0.4, -0.2) is 23.1 Å². The predicted molar refractivity (Wildman–Crippen MR) is 120 cm³/mol. The van der Waals surface area contributed by atoms with Crippen molar-refractivity contribution in [3.63, 3.8) is 0 Å². The van der Waals surface area contributed by atoms with Crippen LogP contribution in [0.15, 0.2) is 54.9 Å². The van der Waals surface area contributed by atoms with Gasteiger partial charge in [0.1, 0.15) is 17.8 Å². The fourth-order valence-electron chi connectivity index (χ4n) is 3.06. The highest BCUT2D eigenvalue weighted by Gasteiger charge is 2.16. The Morgan fingerprint density at radius 2 is 1.86 bits per heavy atom. The molecule has 0 aliphatic carbocycles. The molecule has 0 saturated carbocycles. The van der Waals surface area contributed by atoms with Crippen LogP contribution >= 0.6 is 0 Å². The molecule has 0 radical (unpaired) electrons. The van der Waals surface area contributed by atoms with Gasteiger partial charge < -0.3 is 20.7 Å². The standard InChI is InChI=1S/C23H29N5O/c1-4-6-14-29-20-12-10-18(11-13-20)27-22-21(24)23(26-16-25-22)28(5-2)19-9-7-8-17(3)15-19/h7-13,15-16H,4-6,14,24H2,1-3H3,(H,25,26,27). The summed E-state index contributed by atoms with van der Waals surface area (Å²) < 4.78 is 5.71. The zero-order valence-electron chi connectivity index (χ0n) is 17.4. The molecule has 3 rings (SSSR count). The third kappa shape index (κ3) is 5.16. The molecule has 152 valence electrons. The topological polar surface area (TPSA) is 76.3 Å². The zero-order valence-corrected chi connectivity index (χ0v) is 17.4. The maximum absolute atomic E-state index is 6.44. The predicted octanol–water partition coefficient (Wildman–Crippen LogP) is 5.45. The molecule has 29 heavy (non-hydrogen) atoms. The van der Waals surface area contributed by atoms with E-state index in [9.17, 15) is 0 Å². The van der Waals surface area contributed by atoms with Gasteiger partial charge >= 0.3 is 0 Å². The van der Waals surface area contributed by atoms with Crippen molar-refractivity contribution in [2.45, 2.75) is 33.6 Å². The van der Waals surface area contributed by atoms with Gasteiger partial charge in [-0.3, -0.25) is 0 Å². The van der Waals surface area contributed by atoms with Gasteiger partial charge in [0.2, 0.25) is 0 Å². The Labute approximate surface area is 172 Å². The third-order valence-corrected chi connectivity index (χ3v) is 4.63. The Kier molecular flexibility index (Phi) is 6.89. The molecule has 0 aliphatic heterocycles. The number of nitrogens with two attached hydrogens (primary N) is 1. The van der Waals surface area contributed by atoms with Crippen LogP contribution < -0.4 is 20.7 Å². The number of rotatable bonds is 9. The van der Waals surface area contributed by atoms with Crippen molar-refractivity contribution in [2.75, 3.05) is 29.1 Å². The number of benzene rings is 2. The highest BCUT2D eigenvalue weighted by Crippen LogP contribution is 2.33. The Morgan fingerprint density at radius 1 is 1.07 bits per heavy atom. The average Bonchev–Trinajstić information content (AvgIpc) is 2.73. The largest absolute Gasteiger partial charge is 0.494 e. The van der Waals surface area contributed by atoms with E-state index in [-0.39, 0.29) is 0 Å². The molecule has 1 heterocycles. The quantitative estimate of drug-likeness (QED) is 0.473. The van der Waals surface area contributed by atoms with Gasteiger partial charge in [-0.1, -0.05) is 25.5 Å². The highest BCUT2D eigenvalue weighted by molar-refractivity contribution is 5.81. The van der Waals surface area contributed by atoms with Crippen LogP contribution in [0.4, 0.5) is 28.7 Å². The van der Waals surface area contributed by atoms with E-state index in [2.05, 4.69) is 59.2 Å². The van der Waals surface area contributed by atoms with Gasteiger partial charge in [0, 0.05) is 17.9 Å². The number of nitrogens with one attached hydrogen (secondary N) is 1. The number of aryl methyl sites for hydroxylation is 1. The second kappa shape index (κ2) is 9.78. The molecule has 3 N–H and O–H groups in total. The van der Waals surface area contributed by atoms with Crippen LogP contribution in [0.2, 0.25) is 0 Å². The van der Waals surface area contributed by atoms with Crippen LogP contribution in [0.5, 0.6) is 5.75 Å². The lowest BCUT2D eigenvalue weighted by molar-refractivity contribution is 0.309. The molecule has 0 spiro atoms. The van der Waals surface area contributed by atoms with E-state index in [0.29, 0.717) is 17.3 Å². The first-order valence-electron chi connectivity index (χ1n) is 10.1. The van der Waals surface area contributed by atoms with Crippen LogP contribution in [0.25, 0.3) is 0 Å². The fourth-order valence-corrected chi connectivity index (χ4v) is 3.06. The molecule has 0 aliphatic rings. The van der Waals surface area contributed by atoms with E-state index < -0.39 is 0 Å². The molecular weight excluding hydrogens is 362 g/mol. The minimum absolute atomic E-state index is 0.513. The molecule has 0 fully saturated rings. The molecule has 3 aromatic rings. The zero-order chi connectivity index (χ0) is 20.6. The van der Waals surface area contributed by atoms with Crippen molar-refractivity contribution in [3.8, 4) is 5.75 Å². The second-order valence-corrected chi connectivity index (χ2v) is 6.89. The summed E-state index contributed by atoms with van der Waals surface area (Å²) in [5.41, 5.74) is 10.1. The van der Waals surface area contributed by atoms with Gasteiger partial charge in [-0.2, -0.15) is 0 Å². The van der Waals surface area contributed by atoms with E-state index >= 15 is 0 Å².